The average molecular weight is 250 g/mol. The van der Waals surface area contributed by atoms with Gasteiger partial charge in [-0.3, -0.25) is 10.1 Å². The Morgan fingerprint density at radius 2 is 2.17 bits per heavy atom. The highest BCUT2D eigenvalue weighted by molar-refractivity contribution is 5.95. The molecule has 0 radical (unpaired) electrons. The molecule has 0 saturated heterocycles. The van der Waals surface area contributed by atoms with E-state index in [0.29, 0.717) is 6.42 Å². The number of rotatable bonds is 1. The summed E-state index contributed by atoms with van der Waals surface area (Å²) >= 11 is 0. The summed E-state index contributed by atoms with van der Waals surface area (Å²) in [6, 6.07) is 0. The summed E-state index contributed by atoms with van der Waals surface area (Å²) in [5.74, 6) is 0.699. The maximum Gasteiger partial charge on any atom is 0.158 e. The normalized spacial score (nSPS) is 38.7. The number of carbonyl (C=O) groups is 1. The molecule has 0 spiro atoms. The Balaban J connectivity index is 2.27. The van der Waals surface area contributed by atoms with Gasteiger partial charge >= 0.3 is 0 Å². The van der Waals surface area contributed by atoms with Crippen LogP contribution in [0.3, 0.4) is 0 Å². The zero-order valence-electron chi connectivity index (χ0n) is 11.4. The molecular formula is C15H22O3. The minimum absolute atomic E-state index is 0.0383. The van der Waals surface area contributed by atoms with Gasteiger partial charge in [-0.1, -0.05) is 26.5 Å². The van der Waals surface area contributed by atoms with E-state index in [0.717, 1.165) is 24.0 Å². The smallest absolute Gasteiger partial charge is 0.158 e. The van der Waals surface area contributed by atoms with Crippen molar-refractivity contribution >= 4 is 5.78 Å². The van der Waals surface area contributed by atoms with Crippen molar-refractivity contribution in [2.45, 2.75) is 46.1 Å². The second kappa shape index (κ2) is 4.63. The molecule has 1 N–H and O–H groups in total. The summed E-state index contributed by atoms with van der Waals surface area (Å²) < 4.78 is 0. The number of hydrogen-bond acceptors (Lipinski definition) is 3. The first kappa shape index (κ1) is 13.5. The largest absolute Gasteiger partial charge is 0.295 e. The Kier molecular flexibility index (Phi) is 3.47. The van der Waals surface area contributed by atoms with Gasteiger partial charge in [-0.15, -0.1) is 0 Å². The Morgan fingerprint density at radius 3 is 2.78 bits per heavy atom. The van der Waals surface area contributed by atoms with E-state index in [4.69, 9.17) is 5.26 Å². The van der Waals surface area contributed by atoms with Crippen LogP contribution in [0.15, 0.2) is 23.8 Å². The Morgan fingerprint density at radius 1 is 1.50 bits per heavy atom. The van der Waals surface area contributed by atoms with Crippen LogP contribution in [0.1, 0.15) is 40.0 Å². The molecule has 0 bridgehead atoms. The van der Waals surface area contributed by atoms with Crippen molar-refractivity contribution in [3.63, 3.8) is 0 Å². The highest BCUT2D eigenvalue weighted by Gasteiger charge is 2.62. The molecular weight excluding hydrogens is 228 g/mol. The molecule has 1 unspecified atom stereocenters. The van der Waals surface area contributed by atoms with E-state index < -0.39 is 0 Å². The quantitative estimate of drug-likeness (QED) is 0.441. The van der Waals surface area contributed by atoms with Gasteiger partial charge in [0.1, 0.15) is 6.10 Å². The minimum atomic E-state index is -0.329. The predicted octanol–water partition coefficient (Wildman–Crippen LogP) is 3.37. The monoisotopic (exact) mass is 250 g/mol. The first-order valence-electron chi connectivity index (χ1n) is 6.57. The molecule has 3 nitrogen and oxygen atoms in total. The van der Waals surface area contributed by atoms with Crippen molar-refractivity contribution in [2.24, 2.45) is 17.3 Å². The fraction of sp³-hybridized carbons (Fsp3) is 0.667. The SMILES string of the molecule is C=C1CC/C=C(\C)C(=O)C[C@H]2[C@@H](C1OO)C2(C)C. The van der Waals surface area contributed by atoms with E-state index in [9.17, 15) is 4.79 Å². The lowest BCUT2D eigenvalue weighted by molar-refractivity contribution is -0.275. The van der Waals surface area contributed by atoms with Crippen LogP contribution in [0, 0.1) is 17.3 Å². The summed E-state index contributed by atoms with van der Waals surface area (Å²) in [5.41, 5.74) is 1.82. The highest BCUT2D eigenvalue weighted by atomic mass is 17.1. The summed E-state index contributed by atoms with van der Waals surface area (Å²) in [4.78, 5) is 16.7. The topological polar surface area (TPSA) is 46.5 Å². The lowest BCUT2D eigenvalue weighted by Gasteiger charge is -2.18. The van der Waals surface area contributed by atoms with Crippen LogP contribution in [-0.4, -0.2) is 17.1 Å². The van der Waals surface area contributed by atoms with Gasteiger partial charge in [-0.2, -0.15) is 0 Å². The average Bonchev–Trinajstić information content (AvgIpc) is 2.81. The predicted molar refractivity (Wildman–Crippen MR) is 70.0 cm³/mol. The van der Waals surface area contributed by atoms with Crippen LogP contribution < -0.4 is 0 Å². The van der Waals surface area contributed by atoms with Crippen molar-refractivity contribution in [3.8, 4) is 0 Å². The third kappa shape index (κ3) is 2.17. The zero-order valence-corrected chi connectivity index (χ0v) is 11.4. The molecule has 0 aromatic carbocycles. The molecule has 0 aromatic heterocycles. The van der Waals surface area contributed by atoms with Crippen molar-refractivity contribution in [1.29, 1.82) is 0 Å². The van der Waals surface area contributed by atoms with Crippen LogP contribution in [-0.2, 0) is 9.68 Å². The Bertz CT molecular complexity index is 406. The van der Waals surface area contributed by atoms with Gasteiger partial charge in [-0.25, -0.2) is 4.89 Å². The van der Waals surface area contributed by atoms with Gasteiger partial charge in [0.05, 0.1) is 0 Å². The van der Waals surface area contributed by atoms with E-state index in [-0.39, 0.29) is 29.1 Å². The second-order valence-electron chi connectivity index (χ2n) is 6.19. The number of Topliss-reactive ketones (excluding diaryl/α,β-unsaturated/α-hetero) is 1. The van der Waals surface area contributed by atoms with E-state index in [1.54, 1.807) is 0 Å². The first-order chi connectivity index (χ1) is 8.39. The fourth-order valence-electron chi connectivity index (χ4n) is 3.26. The molecule has 0 amide bonds. The molecule has 0 heterocycles. The van der Waals surface area contributed by atoms with E-state index >= 15 is 0 Å². The van der Waals surface area contributed by atoms with Gasteiger partial charge in [0.15, 0.2) is 5.78 Å². The van der Waals surface area contributed by atoms with Gasteiger partial charge in [0.2, 0.25) is 0 Å². The van der Waals surface area contributed by atoms with Crippen molar-refractivity contribution in [3.05, 3.63) is 23.8 Å². The number of hydrogen-bond donors (Lipinski definition) is 1. The molecule has 2 rings (SSSR count). The van der Waals surface area contributed by atoms with Crippen molar-refractivity contribution in [2.75, 3.05) is 0 Å². The van der Waals surface area contributed by atoms with E-state index in [1.807, 2.05) is 13.0 Å². The van der Waals surface area contributed by atoms with Gasteiger partial charge in [0.25, 0.3) is 0 Å². The molecule has 18 heavy (non-hydrogen) atoms. The number of fused-ring (bicyclic) bond motifs is 1. The summed E-state index contributed by atoms with van der Waals surface area (Å²) in [7, 11) is 0. The maximum absolute atomic E-state index is 12.0. The molecule has 1 saturated carbocycles. The Labute approximate surface area is 108 Å². The van der Waals surface area contributed by atoms with Crippen LogP contribution >= 0.6 is 0 Å². The number of carbonyl (C=O) groups excluding carboxylic acids is 1. The molecule has 0 aromatic rings. The van der Waals surface area contributed by atoms with Gasteiger partial charge < -0.3 is 0 Å². The number of allylic oxidation sites excluding steroid dienone is 2. The van der Waals surface area contributed by atoms with E-state index in [2.05, 4.69) is 25.3 Å². The molecule has 0 aliphatic heterocycles. The van der Waals surface area contributed by atoms with Crippen LogP contribution in [0.5, 0.6) is 0 Å². The Hall–Kier alpha value is -0.930. The lowest BCUT2D eigenvalue weighted by Crippen LogP contribution is -2.20. The van der Waals surface area contributed by atoms with Crippen molar-refractivity contribution in [1.82, 2.24) is 0 Å². The lowest BCUT2D eigenvalue weighted by atomic mass is 9.95. The fourth-order valence-corrected chi connectivity index (χ4v) is 3.26. The summed E-state index contributed by atoms with van der Waals surface area (Å²) in [6.45, 7) is 10.2. The third-order valence-electron chi connectivity index (χ3n) is 4.74. The minimum Gasteiger partial charge on any atom is -0.295 e. The molecule has 1 fully saturated rings. The van der Waals surface area contributed by atoms with Crippen molar-refractivity contribution < 1.29 is 14.9 Å². The maximum atomic E-state index is 12.0. The van der Waals surface area contributed by atoms with Crippen LogP contribution in [0.2, 0.25) is 0 Å². The van der Waals surface area contributed by atoms with Crippen LogP contribution in [0.25, 0.3) is 0 Å². The molecule has 100 valence electrons. The van der Waals surface area contributed by atoms with Gasteiger partial charge in [-0.05, 0) is 42.2 Å². The van der Waals surface area contributed by atoms with Crippen LogP contribution in [0.4, 0.5) is 0 Å². The number of ketones is 1. The van der Waals surface area contributed by atoms with E-state index in [1.165, 1.54) is 0 Å². The molecule has 3 atom stereocenters. The standard InChI is InChI=1S/C15H22O3/c1-9-6-5-7-10(2)14(18-17)13-11(8-12(9)16)15(13,3)4/h6,11,13-14,17H,2,5,7-8H2,1,3-4H3/b9-6+/t11-,13-,14?/m0/s1. The summed E-state index contributed by atoms with van der Waals surface area (Å²) in [6.07, 6.45) is 3.73. The first-order valence-corrected chi connectivity index (χ1v) is 6.57. The molecule has 2 aliphatic carbocycles. The zero-order chi connectivity index (χ0) is 13.5. The molecule has 2 aliphatic rings. The van der Waals surface area contributed by atoms with Gasteiger partial charge in [0, 0.05) is 12.3 Å². The molecule has 3 heteroatoms. The third-order valence-corrected chi connectivity index (χ3v) is 4.74. The summed E-state index contributed by atoms with van der Waals surface area (Å²) in [5, 5.41) is 9.13. The second-order valence-corrected chi connectivity index (χ2v) is 6.19. The highest BCUT2D eigenvalue weighted by Crippen LogP contribution is 2.63.